The Morgan fingerprint density at radius 3 is 2.53 bits per heavy atom. The number of hydrogen-bond acceptors (Lipinski definition) is 2. The lowest BCUT2D eigenvalue weighted by Crippen LogP contribution is -2.08. The van der Waals surface area contributed by atoms with E-state index in [1.807, 2.05) is 0 Å². The van der Waals surface area contributed by atoms with Crippen molar-refractivity contribution in [1.82, 2.24) is 9.97 Å². The fourth-order valence-electron chi connectivity index (χ4n) is 3.24. The molecule has 3 nitrogen and oxygen atoms in total. The van der Waals surface area contributed by atoms with Crippen LogP contribution in [0, 0.1) is 5.82 Å². The highest BCUT2D eigenvalue weighted by molar-refractivity contribution is 6.30. The van der Waals surface area contributed by atoms with Crippen LogP contribution in [-0.4, -0.2) is 15.8 Å². The largest absolute Gasteiger partial charge is 0.417 e. The third-order valence-corrected chi connectivity index (χ3v) is 4.85. The fraction of sp³-hybridized carbons (Fsp3) is 0.0909. The van der Waals surface area contributed by atoms with Gasteiger partial charge < -0.3 is 4.98 Å². The number of fused-ring (bicyclic) bond motifs is 1. The van der Waals surface area contributed by atoms with Gasteiger partial charge in [-0.3, -0.25) is 4.79 Å². The number of rotatable bonds is 4. The fourth-order valence-corrected chi connectivity index (χ4v) is 3.45. The molecule has 1 heterocycles. The van der Waals surface area contributed by atoms with Crippen LogP contribution in [0.4, 0.5) is 17.6 Å². The first kappa shape index (κ1) is 20.1. The van der Waals surface area contributed by atoms with Crippen molar-refractivity contribution in [3.63, 3.8) is 0 Å². The number of benzene rings is 3. The highest BCUT2D eigenvalue weighted by Gasteiger charge is 2.35. The van der Waals surface area contributed by atoms with Crippen molar-refractivity contribution in [2.75, 3.05) is 0 Å². The monoisotopic (exact) mass is 432 g/mol. The number of hydrogen-bond donors (Lipinski definition) is 1. The molecule has 0 aliphatic heterocycles. The minimum absolute atomic E-state index is 0.110. The normalized spacial score (nSPS) is 11.8. The van der Waals surface area contributed by atoms with E-state index in [1.54, 1.807) is 24.3 Å². The van der Waals surface area contributed by atoms with Gasteiger partial charge in [-0.05, 0) is 48.0 Å². The van der Waals surface area contributed by atoms with Gasteiger partial charge in [0.05, 0.1) is 22.2 Å². The first-order valence-corrected chi connectivity index (χ1v) is 9.23. The molecule has 4 aromatic rings. The molecule has 0 radical (unpaired) electrons. The van der Waals surface area contributed by atoms with Crippen LogP contribution in [0.15, 0.2) is 60.7 Å². The third-order valence-electron chi connectivity index (χ3n) is 4.61. The quantitative estimate of drug-likeness (QED) is 0.297. The second-order valence-corrected chi connectivity index (χ2v) is 7.14. The van der Waals surface area contributed by atoms with Gasteiger partial charge in [0.1, 0.15) is 11.6 Å². The summed E-state index contributed by atoms with van der Waals surface area (Å²) in [6.07, 6.45) is -4.63. The van der Waals surface area contributed by atoms with E-state index in [0.717, 1.165) is 23.8 Å². The highest BCUT2D eigenvalue weighted by atomic mass is 35.5. The summed E-state index contributed by atoms with van der Waals surface area (Å²) in [6.45, 7) is 0. The van der Waals surface area contributed by atoms with Gasteiger partial charge in [-0.25, -0.2) is 9.37 Å². The summed E-state index contributed by atoms with van der Waals surface area (Å²) in [5.74, 6) is -1.49. The lowest BCUT2D eigenvalue weighted by atomic mass is 10.0. The minimum Gasteiger partial charge on any atom is -0.338 e. The molecule has 0 spiro atoms. The lowest BCUT2D eigenvalue weighted by Gasteiger charge is -2.11. The number of aromatic amines is 1. The standard InChI is InChI=1S/C22H13ClF4N2O/c23-14-4-1-3-12(9-14)10-19(30)13-7-8-17-18(11-13)29-21(28-17)20-15(22(25,26)27)5-2-6-16(20)24/h1-9,11H,10H2,(H,28,29). The van der Waals surface area contributed by atoms with Crippen molar-refractivity contribution in [3.05, 3.63) is 88.2 Å². The Bertz CT molecular complexity index is 1260. The predicted molar refractivity (Wildman–Crippen MR) is 106 cm³/mol. The van der Waals surface area contributed by atoms with Gasteiger partial charge in [0.15, 0.2) is 5.78 Å². The summed E-state index contributed by atoms with van der Waals surface area (Å²) < 4.78 is 54.2. The average Bonchev–Trinajstić information content (AvgIpc) is 3.09. The number of nitrogens with zero attached hydrogens (tertiary/aromatic N) is 1. The number of halogens is 5. The maximum absolute atomic E-state index is 14.3. The van der Waals surface area contributed by atoms with Crippen molar-refractivity contribution >= 4 is 28.4 Å². The van der Waals surface area contributed by atoms with E-state index in [4.69, 9.17) is 11.6 Å². The van der Waals surface area contributed by atoms with Gasteiger partial charge in [0.2, 0.25) is 0 Å². The molecule has 30 heavy (non-hydrogen) atoms. The molecular formula is C22H13ClF4N2O. The molecule has 0 amide bonds. The molecule has 0 saturated heterocycles. The molecule has 152 valence electrons. The minimum atomic E-state index is -4.74. The summed E-state index contributed by atoms with van der Waals surface area (Å²) in [5, 5.41) is 0.513. The first-order valence-electron chi connectivity index (χ1n) is 8.86. The van der Waals surface area contributed by atoms with E-state index in [1.165, 1.54) is 18.2 Å². The summed E-state index contributed by atoms with van der Waals surface area (Å²) >= 11 is 5.94. The molecule has 0 aliphatic carbocycles. The Kier molecular flexibility index (Phi) is 5.07. The molecule has 0 bridgehead atoms. The number of ketones is 1. The number of nitrogens with one attached hydrogen (secondary N) is 1. The number of alkyl halides is 3. The number of Topliss-reactive ketones (excluding diaryl/α,β-unsaturated/α-hetero) is 1. The van der Waals surface area contributed by atoms with E-state index in [9.17, 15) is 22.4 Å². The Labute approximate surface area is 173 Å². The number of aromatic nitrogens is 2. The van der Waals surface area contributed by atoms with E-state index in [2.05, 4.69) is 9.97 Å². The van der Waals surface area contributed by atoms with E-state index in [0.29, 0.717) is 21.6 Å². The van der Waals surface area contributed by atoms with Crippen LogP contribution in [0.2, 0.25) is 5.02 Å². The van der Waals surface area contributed by atoms with Crippen molar-refractivity contribution in [1.29, 1.82) is 0 Å². The van der Waals surface area contributed by atoms with Crippen LogP contribution < -0.4 is 0 Å². The summed E-state index contributed by atoms with van der Waals surface area (Å²) in [6, 6.07) is 14.2. The van der Waals surface area contributed by atoms with Gasteiger partial charge in [0, 0.05) is 17.0 Å². The van der Waals surface area contributed by atoms with Crippen molar-refractivity contribution < 1.29 is 22.4 Å². The maximum Gasteiger partial charge on any atom is 0.417 e. The molecular weight excluding hydrogens is 420 g/mol. The van der Waals surface area contributed by atoms with Crippen LogP contribution in [0.25, 0.3) is 22.4 Å². The summed E-state index contributed by atoms with van der Waals surface area (Å²) in [4.78, 5) is 19.4. The zero-order valence-corrected chi connectivity index (χ0v) is 16.0. The van der Waals surface area contributed by atoms with Crippen LogP contribution in [0.3, 0.4) is 0 Å². The highest BCUT2D eigenvalue weighted by Crippen LogP contribution is 2.38. The van der Waals surface area contributed by atoms with Gasteiger partial charge >= 0.3 is 6.18 Å². The van der Waals surface area contributed by atoms with Crippen molar-refractivity contribution in [2.45, 2.75) is 12.6 Å². The Balaban J connectivity index is 1.71. The Morgan fingerprint density at radius 2 is 1.80 bits per heavy atom. The number of imidazole rings is 1. The number of carbonyl (C=O) groups is 1. The first-order chi connectivity index (χ1) is 14.2. The molecule has 0 fully saturated rings. The van der Waals surface area contributed by atoms with Gasteiger partial charge in [-0.1, -0.05) is 29.8 Å². The summed E-state index contributed by atoms with van der Waals surface area (Å²) in [5.41, 5.74) is -0.0489. The molecule has 1 N–H and O–H groups in total. The second-order valence-electron chi connectivity index (χ2n) is 6.71. The van der Waals surface area contributed by atoms with Gasteiger partial charge in [-0.2, -0.15) is 13.2 Å². The van der Waals surface area contributed by atoms with E-state index < -0.39 is 23.1 Å². The summed E-state index contributed by atoms with van der Waals surface area (Å²) in [7, 11) is 0. The number of carbonyl (C=O) groups excluding carboxylic acids is 1. The Hall–Kier alpha value is -3.19. The third kappa shape index (κ3) is 3.93. The van der Waals surface area contributed by atoms with Crippen LogP contribution in [0.1, 0.15) is 21.5 Å². The zero-order valence-electron chi connectivity index (χ0n) is 15.2. The second kappa shape index (κ2) is 7.57. The predicted octanol–water partition coefficient (Wildman–Crippen LogP) is 6.47. The molecule has 4 rings (SSSR count). The zero-order chi connectivity index (χ0) is 21.5. The molecule has 0 atom stereocenters. The lowest BCUT2D eigenvalue weighted by molar-refractivity contribution is -0.137. The molecule has 3 aromatic carbocycles. The molecule has 0 saturated carbocycles. The average molecular weight is 433 g/mol. The van der Waals surface area contributed by atoms with Crippen molar-refractivity contribution in [2.24, 2.45) is 0 Å². The van der Waals surface area contributed by atoms with Crippen LogP contribution >= 0.6 is 11.6 Å². The Morgan fingerprint density at radius 1 is 1.03 bits per heavy atom. The SMILES string of the molecule is O=C(Cc1cccc(Cl)c1)c1ccc2nc(-c3c(F)cccc3C(F)(F)F)[nH]c2c1. The molecule has 0 aliphatic rings. The van der Waals surface area contributed by atoms with Gasteiger partial charge in [0.25, 0.3) is 0 Å². The van der Waals surface area contributed by atoms with Crippen molar-refractivity contribution in [3.8, 4) is 11.4 Å². The van der Waals surface area contributed by atoms with Gasteiger partial charge in [-0.15, -0.1) is 0 Å². The smallest absolute Gasteiger partial charge is 0.338 e. The van der Waals surface area contributed by atoms with Crippen LogP contribution in [-0.2, 0) is 12.6 Å². The van der Waals surface area contributed by atoms with Crippen LogP contribution in [0.5, 0.6) is 0 Å². The maximum atomic E-state index is 14.3. The number of H-pyrrole nitrogens is 1. The molecule has 0 unspecified atom stereocenters. The van der Waals surface area contributed by atoms with E-state index >= 15 is 0 Å². The topological polar surface area (TPSA) is 45.8 Å². The molecule has 1 aromatic heterocycles. The molecule has 8 heteroatoms. The van der Waals surface area contributed by atoms with E-state index in [-0.39, 0.29) is 18.0 Å².